The molecule has 1 aromatic rings. The van der Waals surface area contributed by atoms with Gasteiger partial charge in [-0.05, 0) is 24.5 Å². The van der Waals surface area contributed by atoms with Crippen molar-refractivity contribution >= 4 is 27.7 Å². The number of nitrogens with one attached hydrogen (secondary N) is 2. The smallest absolute Gasteiger partial charge is 0.356 e. The minimum absolute atomic E-state index is 0.136. The van der Waals surface area contributed by atoms with Crippen molar-refractivity contribution in [1.29, 1.82) is 0 Å². The predicted molar refractivity (Wildman–Crippen MR) is 79.2 cm³/mol. The van der Waals surface area contributed by atoms with E-state index < -0.39 is 12.1 Å². The Balaban J connectivity index is 2.14. The highest BCUT2D eigenvalue weighted by Gasteiger charge is 2.38. The number of aryl methyl sites for hydroxylation is 1. The lowest BCUT2D eigenvalue weighted by molar-refractivity contribution is -0.173. The largest absolute Gasteiger partial charge is 0.471 e. The fourth-order valence-corrected chi connectivity index (χ4v) is 2.14. The quantitative estimate of drug-likeness (QED) is 0.714. The molecule has 0 spiro atoms. The average Bonchev–Trinajstić information content (AvgIpc) is 2.44. The lowest BCUT2D eigenvalue weighted by atomic mass is 10.1. The molecule has 4 nitrogen and oxygen atoms in total. The summed E-state index contributed by atoms with van der Waals surface area (Å²) in [6.07, 6.45) is -3.77. The number of rotatable bonds is 7. The van der Waals surface area contributed by atoms with Gasteiger partial charge >= 0.3 is 12.1 Å². The number of hydrogen-bond acceptors (Lipinski definition) is 2. The molecule has 0 aromatic heterocycles. The third kappa shape index (κ3) is 6.93. The van der Waals surface area contributed by atoms with Gasteiger partial charge in [0.05, 0.1) is 0 Å². The molecule has 122 valence electrons. The molecule has 0 aliphatic rings. The van der Waals surface area contributed by atoms with Crippen molar-refractivity contribution < 1.29 is 22.8 Å². The molecule has 0 aliphatic heterocycles. The van der Waals surface area contributed by atoms with Crippen LogP contribution in [-0.2, 0) is 16.0 Å². The molecule has 0 radical (unpaired) electrons. The minimum atomic E-state index is -4.87. The number of carbonyl (C=O) groups is 2. The van der Waals surface area contributed by atoms with Crippen LogP contribution < -0.4 is 10.6 Å². The summed E-state index contributed by atoms with van der Waals surface area (Å²) in [5, 5.41) is 4.34. The van der Waals surface area contributed by atoms with Crippen LogP contribution in [0.15, 0.2) is 28.7 Å². The summed E-state index contributed by atoms with van der Waals surface area (Å²) in [4.78, 5) is 22.1. The van der Waals surface area contributed by atoms with E-state index in [9.17, 15) is 22.8 Å². The average molecular weight is 381 g/mol. The van der Waals surface area contributed by atoms with E-state index in [1.807, 2.05) is 24.3 Å². The van der Waals surface area contributed by atoms with Gasteiger partial charge in [0.15, 0.2) is 0 Å². The molecule has 0 fully saturated rings. The Hall–Kier alpha value is -1.57. The van der Waals surface area contributed by atoms with Crippen molar-refractivity contribution in [2.24, 2.45) is 0 Å². The van der Waals surface area contributed by atoms with Gasteiger partial charge < -0.3 is 10.6 Å². The van der Waals surface area contributed by atoms with Crippen molar-refractivity contribution in [2.45, 2.75) is 25.4 Å². The minimum Gasteiger partial charge on any atom is -0.356 e. The number of benzene rings is 1. The van der Waals surface area contributed by atoms with Gasteiger partial charge in [-0.25, -0.2) is 0 Å². The Kier molecular flexibility index (Phi) is 7.37. The van der Waals surface area contributed by atoms with Gasteiger partial charge in [-0.15, -0.1) is 0 Å². The van der Waals surface area contributed by atoms with Crippen molar-refractivity contribution in [1.82, 2.24) is 10.6 Å². The van der Waals surface area contributed by atoms with Gasteiger partial charge in [-0.1, -0.05) is 34.1 Å². The third-order valence-electron chi connectivity index (χ3n) is 2.80. The van der Waals surface area contributed by atoms with E-state index in [1.165, 1.54) is 0 Å². The molecule has 0 heterocycles. The summed E-state index contributed by atoms with van der Waals surface area (Å²) in [5.74, 6) is -2.15. The summed E-state index contributed by atoms with van der Waals surface area (Å²) in [6, 6.07) is 7.55. The summed E-state index contributed by atoms with van der Waals surface area (Å²) >= 11 is 3.39. The number of alkyl halides is 3. The van der Waals surface area contributed by atoms with Crippen molar-refractivity contribution in [3.8, 4) is 0 Å². The van der Waals surface area contributed by atoms with E-state index in [0.717, 1.165) is 10.0 Å². The summed E-state index contributed by atoms with van der Waals surface area (Å²) in [6.45, 7) is 0.0792. The highest BCUT2D eigenvalue weighted by atomic mass is 79.9. The van der Waals surface area contributed by atoms with E-state index in [2.05, 4.69) is 21.2 Å². The fraction of sp³-hybridized carbons (Fsp3) is 0.429. The van der Waals surface area contributed by atoms with Crippen LogP contribution in [0.3, 0.4) is 0 Å². The molecular formula is C14H16BrF3N2O2. The first-order valence-corrected chi connectivity index (χ1v) is 7.45. The molecule has 2 N–H and O–H groups in total. The number of halogens is 4. The first-order valence-electron chi connectivity index (χ1n) is 6.66. The van der Waals surface area contributed by atoms with Crippen LogP contribution in [0.5, 0.6) is 0 Å². The van der Waals surface area contributed by atoms with Crippen LogP contribution in [0.2, 0.25) is 0 Å². The normalized spacial score (nSPS) is 11.1. The topological polar surface area (TPSA) is 58.2 Å². The maximum absolute atomic E-state index is 11.9. The lowest BCUT2D eigenvalue weighted by Gasteiger charge is -2.09. The molecule has 0 bridgehead atoms. The van der Waals surface area contributed by atoms with Gasteiger partial charge in [0, 0.05) is 24.0 Å². The number of amides is 2. The molecule has 2 amide bonds. The Morgan fingerprint density at radius 2 is 1.73 bits per heavy atom. The number of carbonyl (C=O) groups excluding carboxylic acids is 2. The first kappa shape index (κ1) is 18.5. The molecule has 1 rings (SSSR count). The molecule has 22 heavy (non-hydrogen) atoms. The molecule has 0 saturated carbocycles. The molecule has 8 heteroatoms. The maximum Gasteiger partial charge on any atom is 0.471 e. The van der Waals surface area contributed by atoms with E-state index in [-0.39, 0.29) is 31.8 Å². The Morgan fingerprint density at radius 1 is 1.09 bits per heavy atom. The standard InChI is InChI=1S/C14H16BrF3N2O2/c15-11-5-2-1-4-10(11)6-7-12(21)19-8-3-9-20-13(22)14(16,17)18/h1-2,4-5H,3,6-9H2,(H,19,21)(H,20,22). The molecule has 0 aliphatic carbocycles. The monoisotopic (exact) mass is 380 g/mol. The van der Waals surface area contributed by atoms with Crippen LogP contribution in [0.4, 0.5) is 13.2 Å². The van der Waals surface area contributed by atoms with Crippen molar-refractivity contribution in [2.75, 3.05) is 13.1 Å². The highest BCUT2D eigenvalue weighted by molar-refractivity contribution is 9.10. The fourth-order valence-electron chi connectivity index (χ4n) is 1.66. The van der Waals surface area contributed by atoms with Gasteiger partial charge in [0.1, 0.15) is 0 Å². The second-order valence-electron chi connectivity index (χ2n) is 4.55. The van der Waals surface area contributed by atoms with Gasteiger partial charge in [0.2, 0.25) is 5.91 Å². The zero-order valence-corrected chi connectivity index (χ0v) is 13.3. The number of hydrogen-bond donors (Lipinski definition) is 2. The van der Waals surface area contributed by atoms with Crippen LogP contribution in [0.1, 0.15) is 18.4 Å². The van der Waals surface area contributed by atoms with E-state index in [4.69, 9.17) is 0 Å². The van der Waals surface area contributed by atoms with Crippen LogP contribution in [-0.4, -0.2) is 31.1 Å². The van der Waals surface area contributed by atoms with E-state index in [1.54, 1.807) is 5.32 Å². The Morgan fingerprint density at radius 3 is 2.36 bits per heavy atom. The second kappa shape index (κ2) is 8.77. The van der Waals surface area contributed by atoms with Gasteiger partial charge in [0.25, 0.3) is 0 Å². The zero-order chi connectivity index (χ0) is 16.6. The maximum atomic E-state index is 11.9. The van der Waals surface area contributed by atoms with Crippen LogP contribution in [0, 0.1) is 0 Å². The zero-order valence-electron chi connectivity index (χ0n) is 11.7. The van der Waals surface area contributed by atoms with Crippen molar-refractivity contribution in [3.05, 3.63) is 34.3 Å². The Bertz CT molecular complexity index is 521. The van der Waals surface area contributed by atoms with Gasteiger partial charge in [-0.2, -0.15) is 13.2 Å². The molecule has 0 saturated heterocycles. The second-order valence-corrected chi connectivity index (χ2v) is 5.40. The van der Waals surface area contributed by atoms with E-state index in [0.29, 0.717) is 6.42 Å². The first-order chi connectivity index (χ1) is 10.3. The van der Waals surface area contributed by atoms with E-state index >= 15 is 0 Å². The van der Waals surface area contributed by atoms with Gasteiger partial charge in [-0.3, -0.25) is 9.59 Å². The molecule has 0 atom stereocenters. The molecular weight excluding hydrogens is 365 g/mol. The lowest BCUT2D eigenvalue weighted by Crippen LogP contribution is -2.38. The highest BCUT2D eigenvalue weighted by Crippen LogP contribution is 2.17. The van der Waals surface area contributed by atoms with Crippen LogP contribution >= 0.6 is 15.9 Å². The summed E-state index contributed by atoms with van der Waals surface area (Å²) in [7, 11) is 0. The third-order valence-corrected chi connectivity index (χ3v) is 3.57. The van der Waals surface area contributed by atoms with Crippen molar-refractivity contribution in [3.63, 3.8) is 0 Å². The van der Waals surface area contributed by atoms with Crippen LogP contribution in [0.25, 0.3) is 0 Å². The summed E-state index contributed by atoms with van der Waals surface area (Å²) in [5.41, 5.74) is 1.01. The Labute approximate surface area is 134 Å². The summed E-state index contributed by atoms with van der Waals surface area (Å²) < 4.78 is 36.6. The SMILES string of the molecule is O=C(CCc1ccccc1Br)NCCCNC(=O)C(F)(F)F. The molecule has 1 aromatic carbocycles. The molecule has 0 unspecified atom stereocenters. The predicted octanol–water partition coefficient (Wildman–Crippen LogP) is 2.57.